The number of rotatable bonds is 6. The highest BCUT2D eigenvalue weighted by Crippen LogP contribution is 2.24. The van der Waals surface area contributed by atoms with E-state index in [9.17, 15) is 9.59 Å². The lowest BCUT2D eigenvalue weighted by Crippen LogP contribution is -2.45. The number of hydrogen-bond acceptors (Lipinski definition) is 2. The van der Waals surface area contributed by atoms with Gasteiger partial charge in [0.25, 0.3) is 0 Å². The number of carbonyl (C=O) groups excluding carboxylic acids is 1. The molecule has 0 aromatic rings. The van der Waals surface area contributed by atoms with E-state index in [2.05, 4.69) is 0 Å². The van der Waals surface area contributed by atoms with E-state index < -0.39 is 11.9 Å². The van der Waals surface area contributed by atoms with Crippen LogP contribution in [0.4, 0.5) is 0 Å². The molecule has 4 nitrogen and oxygen atoms in total. The number of carbonyl (C=O) groups is 2. The third-order valence-electron chi connectivity index (χ3n) is 3.81. The standard InChI is InChI=1S/C15H27NO3/c1-11(2)9-14(17)16(10-12(3)15(18)19)13-7-5-4-6-8-13/h11-13H,4-10H2,1-3H3,(H,18,19). The summed E-state index contributed by atoms with van der Waals surface area (Å²) in [5.74, 6) is -0.870. The van der Waals surface area contributed by atoms with E-state index in [1.807, 2.05) is 18.7 Å². The van der Waals surface area contributed by atoms with Gasteiger partial charge in [-0.25, -0.2) is 0 Å². The fourth-order valence-electron chi connectivity index (χ4n) is 2.69. The molecule has 1 amide bonds. The Labute approximate surface area is 116 Å². The molecule has 1 fully saturated rings. The third-order valence-corrected chi connectivity index (χ3v) is 3.81. The van der Waals surface area contributed by atoms with Gasteiger partial charge in [-0.15, -0.1) is 0 Å². The zero-order valence-electron chi connectivity index (χ0n) is 12.4. The van der Waals surface area contributed by atoms with Gasteiger partial charge in [0.05, 0.1) is 5.92 Å². The number of hydrogen-bond donors (Lipinski definition) is 1. The van der Waals surface area contributed by atoms with Gasteiger partial charge in [-0.05, 0) is 18.8 Å². The summed E-state index contributed by atoms with van der Waals surface area (Å²) in [6.45, 7) is 6.08. The molecule has 1 N–H and O–H groups in total. The maximum absolute atomic E-state index is 12.3. The highest BCUT2D eigenvalue weighted by molar-refractivity contribution is 5.78. The van der Waals surface area contributed by atoms with Gasteiger partial charge in [-0.1, -0.05) is 40.0 Å². The third kappa shape index (κ3) is 5.21. The van der Waals surface area contributed by atoms with Gasteiger partial charge >= 0.3 is 5.97 Å². The Bertz CT molecular complexity index is 309. The monoisotopic (exact) mass is 269 g/mol. The minimum atomic E-state index is -0.821. The Kier molecular flexibility index (Phi) is 6.32. The van der Waals surface area contributed by atoms with Gasteiger partial charge in [-0.3, -0.25) is 9.59 Å². The Morgan fingerprint density at radius 1 is 1.16 bits per heavy atom. The molecule has 0 radical (unpaired) electrons. The van der Waals surface area contributed by atoms with Crippen molar-refractivity contribution < 1.29 is 14.7 Å². The highest BCUT2D eigenvalue weighted by atomic mass is 16.4. The molecule has 1 rings (SSSR count). The van der Waals surface area contributed by atoms with Crippen LogP contribution >= 0.6 is 0 Å². The van der Waals surface area contributed by atoms with Crippen molar-refractivity contribution >= 4 is 11.9 Å². The van der Waals surface area contributed by atoms with Gasteiger partial charge in [-0.2, -0.15) is 0 Å². The summed E-state index contributed by atoms with van der Waals surface area (Å²) < 4.78 is 0. The first-order valence-electron chi connectivity index (χ1n) is 7.44. The molecule has 1 aliphatic carbocycles. The predicted octanol–water partition coefficient (Wildman–Crippen LogP) is 2.91. The zero-order chi connectivity index (χ0) is 14.4. The fourth-order valence-corrected chi connectivity index (χ4v) is 2.69. The summed E-state index contributed by atoms with van der Waals surface area (Å²) in [4.78, 5) is 25.2. The van der Waals surface area contributed by atoms with Crippen molar-refractivity contribution in [2.24, 2.45) is 11.8 Å². The number of amides is 1. The van der Waals surface area contributed by atoms with Crippen molar-refractivity contribution in [3.8, 4) is 0 Å². The molecule has 1 saturated carbocycles. The predicted molar refractivity (Wildman–Crippen MR) is 74.8 cm³/mol. The van der Waals surface area contributed by atoms with Crippen LogP contribution in [0.2, 0.25) is 0 Å². The summed E-state index contributed by atoms with van der Waals surface area (Å²) in [5, 5.41) is 9.05. The second kappa shape index (κ2) is 7.51. The van der Waals surface area contributed by atoms with Crippen molar-refractivity contribution in [1.29, 1.82) is 0 Å². The Morgan fingerprint density at radius 2 is 1.74 bits per heavy atom. The highest BCUT2D eigenvalue weighted by Gasteiger charge is 2.28. The Hall–Kier alpha value is -1.06. The van der Waals surface area contributed by atoms with Crippen LogP contribution in [0.25, 0.3) is 0 Å². The van der Waals surface area contributed by atoms with Crippen LogP contribution in [0, 0.1) is 11.8 Å². The van der Waals surface area contributed by atoms with Crippen LogP contribution in [0.5, 0.6) is 0 Å². The normalized spacial score (nSPS) is 18.3. The molecule has 0 aromatic carbocycles. The van der Waals surface area contributed by atoms with Crippen LogP contribution in [-0.4, -0.2) is 34.5 Å². The maximum Gasteiger partial charge on any atom is 0.308 e. The number of aliphatic carboxylic acids is 1. The number of carboxylic acids is 1. The fraction of sp³-hybridized carbons (Fsp3) is 0.867. The van der Waals surface area contributed by atoms with Crippen LogP contribution in [0.1, 0.15) is 59.3 Å². The van der Waals surface area contributed by atoms with Gasteiger partial charge in [0.1, 0.15) is 0 Å². The molecule has 0 bridgehead atoms. The molecule has 0 aromatic heterocycles. The molecule has 0 spiro atoms. The number of carboxylic acid groups (broad SMARTS) is 1. The van der Waals surface area contributed by atoms with E-state index in [0.717, 1.165) is 25.7 Å². The minimum absolute atomic E-state index is 0.120. The maximum atomic E-state index is 12.3. The minimum Gasteiger partial charge on any atom is -0.481 e. The van der Waals surface area contributed by atoms with E-state index in [4.69, 9.17) is 5.11 Å². The van der Waals surface area contributed by atoms with Gasteiger partial charge in [0, 0.05) is 19.0 Å². The molecule has 110 valence electrons. The van der Waals surface area contributed by atoms with Crippen molar-refractivity contribution in [3.05, 3.63) is 0 Å². The zero-order valence-corrected chi connectivity index (χ0v) is 12.4. The largest absolute Gasteiger partial charge is 0.481 e. The van der Waals surface area contributed by atoms with E-state index >= 15 is 0 Å². The molecule has 4 heteroatoms. The van der Waals surface area contributed by atoms with E-state index in [1.54, 1.807) is 6.92 Å². The first kappa shape index (κ1) is 16.0. The molecule has 0 heterocycles. The molecule has 0 aliphatic heterocycles. The van der Waals surface area contributed by atoms with Crippen LogP contribution in [0.3, 0.4) is 0 Å². The molecular formula is C15H27NO3. The summed E-state index contributed by atoms with van der Waals surface area (Å²) in [7, 11) is 0. The van der Waals surface area contributed by atoms with Gasteiger partial charge in [0.15, 0.2) is 0 Å². The second-order valence-electron chi connectivity index (χ2n) is 6.18. The summed E-state index contributed by atoms with van der Waals surface area (Å²) >= 11 is 0. The molecule has 0 saturated heterocycles. The van der Waals surface area contributed by atoms with E-state index in [1.165, 1.54) is 6.42 Å². The lowest BCUT2D eigenvalue weighted by atomic mass is 9.92. The summed E-state index contributed by atoms with van der Waals surface area (Å²) in [6.07, 6.45) is 6.10. The molecule has 1 atom stereocenters. The molecule has 1 aliphatic rings. The van der Waals surface area contributed by atoms with Crippen molar-refractivity contribution in [3.63, 3.8) is 0 Å². The smallest absolute Gasteiger partial charge is 0.308 e. The Balaban J connectivity index is 2.70. The van der Waals surface area contributed by atoms with Crippen LogP contribution in [-0.2, 0) is 9.59 Å². The first-order chi connectivity index (χ1) is 8.91. The second-order valence-corrected chi connectivity index (χ2v) is 6.18. The van der Waals surface area contributed by atoms with Crippen LogP contribution < -0.4 is 0 Å². The quantitative estimate of drug-likeness (QED) is 0.806. The van der Waals surface area contributed by atoms with Crippen molar-refractivity contribution in [1.82, 2.24) is 4.90 Å². The lowest BCUT2D eigenvalue weighted by Gasteiger charge is -2.36. The first-order valence-corrected chi connectivity index (χ1v) is 7.44. The van der Waals surface area contributed by atoms with Gasteiger partial charge < -0.3 is 10.0 Å². The van der Waals surface area contributed by atoms with E-state index in [-0.39, 0.29) is 11.9 Å². The van der Waals surface area contributed by atoms with Gasteiger partial charge in [0.2, 0.25) is 5.91 Å². The Morgan fingerprint density at radius 3 is 2.21 bits per heavy atom. The molecule has 1 unspecified atom stereocenters. The number of nitrogens with zero attached hydrogens (tertiary/aromatic N) is 1. The SMILES string of the molecule is CC(C)CC(=O)N(CC(C)C(=O)O)C1CCCCC1. The topological polar surface area (TPSA) is 57.6 Å². The summed E-state index contributed by atoms with van der Waals surface area (Å²) in [5.41, 5.74) is 0. The lowest BCUT2D eigenvalue weighted by molar-refractivity contribution is -0.144. The molecule has 19 heavy (non-hydrogen) atoms. The summed E-state index contributed by atoms with van der Waals surface area (Å²) in [6, 6.07) is 0.252. The average Bonchev–Trinajstić information content (AvgIpc) is 2.35. The van der Waals surface area contributed by atoms with E-state index in [0.29, 0.717) is 18.9 Å². The van der Waals surface area contributed by atoms with Crippen molar-refractivity contribution in [2.75, 3.05) is 6.54 Å². The van der Waals surface area contributed by atoms with Crippen LogP contribution in [0.15, 0.2) is 0 Å². The molecular weight excluding hydrogens is 242 g/mol. The van der Waals surface area contributed by atoms with Crippen molar-refractivity contribution in [2.45, 2.75) is 65.3 Å². The average molecular weight is 269 g/mol.